The van der Waals surface area contributed by atoms with E-state index in [4.69, 9.17) is 13.9 Å². The number of nitrogens with zero attached hydrogens (tertiary/aromatic N) is 1. The van der Waals surface area contributed by atoms with Gasteiger partial charge in [0, 0.05) is 20.3 Å². The third kappa shape index (κ3) is 3.82. The molecular weight excluding hydrogens is 406 g/mol. The summed E-state index contributed by atoms with van der Waals surface area (Å²) in [6, 6.07) is 10.7. The number of fused-ring (bicyclic) bond motifs is 2. The van der Waals surface area contributed by atoms with Gasteiger partial charge in [0.15, 0.2) is 5.43 Å². The van der Waals surface area contributed by atoms with Crippen LogP contribution in [0.5, 0.6) is 5.75 Å². The van der Waals surface area contributed by atoms with Gasteiger partial charge >= 0.3 is 0 Å². The predicted molar refractivity (Wildman–Crippen MR) is 123 cm³/mol. The van der Waals surface area contributed by atoms with Crippen LogP contribution in [-0.2, 0) is 4.74 Å². The van der Waals surface area contributed by atoms with Gasteiger partial charge < -0.3 is 18.8 Å². The SMILES string of the molecule is C=CCOc1ccc(C2c3c(oc4cc(C)cc(C)c4c3=O)C(=O)N2CCCOC)cc1. The maximum absolute atomic E-state index is 13.7. The molecule has 0 fully saturated rings. The van der Waals surface area contributed by atoms with E-state index in [1.54, 1.807) is 18.1 Å². The second kappa shape index (κ2) is 9.01. The standard InChI is InChI=1S/C26H27NO5/c1-5-12-31-19-9-7-18(8-10-19)23-22-24(28)21-17(3)14-16(2)15-20(21)32-25(22)26(29)27(23)11-6-13-30-4/h5,7-10,14-15,23H,1,6,11-13H2,2-4H3. The van der Waals surface area contributed by atoms with E-state index < -0.39 is 6.04 Å². The minimum atomic E-state index is -0.524. The number of hydrogen-bond donors (Lipinski definition) is 0. The average Bonchev–Trinajstić information content (AvgIpc) is 3.04. The lowest BCUT2D eigenvalue weighted by Crippen LogP contribution is -2.31. The van der Waals surface area contributed by atoms with Crippen LogP contribution in [0.3, 0.4) is 0 Å². The molecule has 0 saturated carbocycles. The minimum absolute atomic E-state index is 0.127. The first kappa shape index (κ1) is 21.8. The van der Waals surface area contributed by atoms with E-state index in [9.17, 15) is 9.59 Å². The van der Waals surface area contributed by atoms with Gasteiger partial charge in [-0.15, -0.1) is 0 Å². The number of aryl methyl sites for hydroxylation is 2. The first-order valence-corrected chi connectivity index (χ1v) is 10.7. The summed E-state index contributed by atoms with van der Waals surface area (Å²) < 4.78 is 16.8. The number of rotatable bonds is 8. The fraction of sp³-hybridized carbons (Fsp3) is 0.308. The van der Waals surface area contributed by atoms with E-state index >= 15 is 0 Å². The number of hydrogen-bond acceptors (Lipinski definition) is 5. The molecule has 4 rings (SSSR count). The Labute approximate surface area is 187 Å². The van der Waals surface area contributed by atoms with Crippen molar-refractivity contribution in [2.45, 2.75) is 26.3 Å². The normalized spacial score (nSPS) is 15.3. The molecule has 1 aliphatic rings. The Morgan fingerprint density at radius 3 is 2.59 bits per heavy atom. The van der Waals surface area contributed by atoms with Crippen LogP contribution in [-0.4, -0.2) is 37.7 Å². The third-order valence-electron chi connectivity index (χ3n) is 5.72. The zero-order valence-corrected chi connectivity index (χ0v) is 18.6. The lowest BCUT2D eigenvalue weighted by molar-refractivity contribution is 0.0708. The summed E-state index contributed by atoms with van der Waals surface area (Å²) >= 11 is 0. The number of carbonyl (C=O) groups excluding carboxylic acids is 1. The number of benzene rings is 2. The highest BCUT2D eigenvalue weighted by Gasteiger charge is 2.42. The molecule has 2 heterocycles. The quantitative estimate of drug-likeness (QED) is 0.385. The highest BCUT2D eigenvalue weighted by molar-refractivity contribution is 5.99. The van der Waals surface area contributed by atoms with E-state index in [1.165, 1.54) is 0 Å². The van der Waals surface area contributed by atoms with Crippen LogP contribution in [0, 0.1) is 13.8 Å². The fourth-order valence-corrected chi connectivity index (χ4v) is 4.37. The summed E-state index contributed by atoms with van der Waals surface area (Å²) in [6.45, 7) is 8.86. The Morgan fingerprint density at radius 1 is 1.16 bits per heavy atom. The van der Waals surface area contributed by atoms with E-state index in [0.29, 0.717) is 48.5 Å². The van der Waals surface area contributed by atoms with E-state index in [-0.39, 0.29) is 17.1 Å². The number of ether oxygens (including phenoxy) is 2. The zero-order valence-electron chi connectivity index (χ0n) is 18.6. The van der Waals surface area contributed by atoms with Crippen molar-refractivity contribution in [3.05, 3.63) is 87.3 Å². The summed E-state index contributed by atoms with van der Waals surface area (Å²) in [7, 11) is 1.63. The van der Waals surface area contributed by atoms with Gasteiger partial charge in [0.2, 0.25) is 5.76 Å². The van der Waals surface area contributed by atoms with Crippen molar-refractivity contribution in [1.82, 2.24) is 4.90 Å². The van der Waals surface area contributed by atoms with Crippen molar-refractivity contribution in [3.8, 4) is 5.75 Å². The van der Waals surface area contributed by atoms with E-state index in [1.807, 2.05) is 50.2 Å². The minimum Gasteiger partial charge on any atom is -0.490 e. The van der Waals surface area contributed by atoms with E-state index in [0.717, 1.165) is 16.7 Å². The van der Waals surface area contributed by atoms with Crippen molar-refractivity contribution < 1.29 is 18.7 Å². The molecule has 2 aromatic carbocycles. The first-order valence-electron chi connectivity index (χ1n) is 10.7. The van der Waals surface area contributed by atoms with E-state index in [2.05, 4.69) is 6.58 Å². The van der Waals surface area contributed by atoms with Gasteiger partial charge in [-0.1, -0.05) is 30.9 Å². The third-order valence-corrected chi connectivity index (χ3v) is 5.72. The van der Waals surface area contributed by atoms with Gasteiger partial charge in [-0.25, -0.2) is 0 Å². The van der Waals surface area contributed by atoms with Crippen LogP contribution in [0.25, 0.3) is 11.0 Å². The molecule has 3 aromatic rings. The van der Waals surface area contributed by atoms with Crippen LogP contribution in [0.4, 0.5) is 0 Å². The molecule has 0 saturated heterocycles. The average molecular weight is 434 g/mol. The molecule has 1 amide bonds. The highest BCUT2D eigenvalue weighted by Crippen LogP contribution is 2.39. The number of methoxy groups -OCH3 is 1. The largest absolute Gasteiger partial charge is 0.490 e. The van der Waals surface area contributed by atoms with Crippen LogP contribution >= 0.6 is 0 Å². The van der Waals surface area contributed by atoms with Gasteiger partial charge in [0.25, 0.3) is 5.91 Å². The molecule has 0 aliphatic carbocycles. The molecule has 0 N–H and O–H groups in total. The van der Waals surface area contributed by atoms with Gasteiger partial charge in [-0.3, -0.25) is 9.59 Å². The Morgan fingerprint density at radius 2 is 1.91 bits per heavy atom. The van der Waals surface area contributed by atoms with Gasteiger partial charge in [0.05, 0.1) is 17.0 Å². The van der Waals surface area contributed by atoms with Crippen LogP contribution in [0.15, 0.2) is 58.3 Å². The number of amides is 1. The van der Waals surface area contributed by atoms with Crippen molar-refractivity contribution in [2.24, 2.45) is 0 Å². The van der Waals surface area contributed by atoms with Crippen molar-refractivity contribution in [2.75, 3.05) is 26.9 Å². The second-order valence-corrected chi connectivity index (χ2v) is 8.05. The maximum Gasteiger partial charge on any atom is 0.290 e. The Bertz CT molecular complexity index is 1230. The highest BCUT2D eigenvalue weighted by atomic mass is 16.5. The van der Waals surface area contributed by atoms with Crippen LogP contribution < -0.4 is 10.2 Å². The van der Waals surface area contributed by atoms with Gasteiger partial charge in [0.1, 0.15) is 17.9 Å². The fourth-order valence-electron chi connectivity index (χ4n) is 4.37. The smallest absolute Gasteiger partial charge is 0.290 e. The summed E-state index contributed by atoms with van der Waals surface area (Å²) in [5.74, 6) is 0.550. The van der Waals surface area contributed by atoms with Crippen molar-refractivity contribution >= 4 is 16.9 Å². The second-order valence-electron chi connectivity index (χ2n) is 8.05. The molecule has 0 spiro atoms. The number of carbonyl (C=O) groups is 1. The van der Waals surface area contributed by atoms with Crippen LogP contribution in [0.1, 0.15) is 45.3 Å². The van der Waals surface area contributed by atoms with Gasteiger partial charge in [-0.05, 0) is 55.2 Å². The molecule has 0 bridgehead atoms. The lowest BCUT2D eigenvalue weighted by atomic mass is 9.97. The molecular formula is C26H27NO5. The Hall–Kier alpha value is -3.38. The monoisotopic (exact) mass is 433 g/mol. The molecule has 166 valence electrons. The molecule has 0 radical (unpaired) electrons. The van der Waals surface area contributed by atoms with Gasteiger partial charge in [-0.2, -0.15) is 0 Å². The van der Waals surface area contributed by atoms with Crippen molar-refractivity contribution in [1.29, 1.82) is 0 Å². The van der Waals surface area contributed by atoms with Crippen molar-refractivity contribution in [3.63, 3.8) is 0 Å². The molecule has 6 nitrogen and oxygen atoms in total. The van der Waals surface area contributed by atoms with Crippen LogP contribution in [0.2, 0.25) is 0 Å². The summed E-state index contributed by atoms with van der Waals surface area (Å²) in [5, 5.41) is 0.525. The molecule has 32 heavy (non-hydrogen) atoms. The topological polar surface area (TPSA) is 69.0 Å². The zero-order chi connectivity index (χ0) is 22.8. The molecule has 6 heteroatoms. The molecule has 1 aromatic heterocycles. The predicted octanol–water partition coefficient (Wildman–Crippen LogP) is 4.56. The first-order chi connectivity index (χ1) is 15.5. The molecule has 1 atom stereocenters. The Kier molecular flexibility index (Phi) is 6.15. The summed E-state index contributed by atoms with van der Waals surface area (Å²) in [5.41, 5.74) is 3.34. The Balaban J connectivity index is 1.86. The lowest BCUT2D eigenvalue weighted by Gasteiger charge is -2.25. The molecule has 1 aliphatic heterocycles. The molecule has 1 unspecified atom stereocenters. The maximum atomic E-state index is 13.7. The summed E-state index contributed by atoms with van der Waals surface area (Å²) in [6.07, 6.45) is 2.33. The summed E-state index contributed by atoms with van der Waals surface area (Å²) in [4.78, 5) is 28.7.